The molecule has 0 bridgehead atoms. The molecular weight excluding hydrogens is 180 g/mol. The van der Waals surface area contributed by atoms with Gasteiger partial charge in [0.1, 0.15) is 0 Å². The summed E-state index contributed by atoms with van der Waals surface area (Å²) in [5.41, 5.74) is 0. The summed E-state index contributed by atoms with van der Waals surface area (Å²) in [4.78, 5) is 4.64. The molecule has 1 heterocycles. The van der Waals surface area contributed by atoms with E-state index in [-0.39, 0.29) is 0 Å². The van der Waals surface area contributed by atoms with Gasteiger partial charge in [-0.25, -0.2) is 0 Å². The molecule has 0 aromatic rings. The van der Waals surface area contributed by atoms with Crippen molar-refractivity contribution in [2.24, 2.45) is 10.9 Å². The third kappa shape index (κ3) is 4.03. The van der Waals surface area contributed by atoms with Gasteiger partial charge >= 0.3 is 0 Å². The molecule has 0 radical (unpaired) electrons. The highest BCUT2D eigenvalue weighted by Gasteiger charge is 2.19. The van der Waals surface area contributed by atoms with E-state index >= 15 is 0 Å². The molecule has 3 heteroatoms. The van der Waals surface area contributed by atoms with Crippen LogP contribution in [-0.2, 0) is 0 Å². The number of rotatable bonds is 3. The fourth-order valence-corrected chi connectivity index (χ4v) is 2.51. The van der Waals surface area contributed by atoms with Crippen LogP contribution in [0.4, 0.5) is 0 Å². The molecule has 0 fully saturated rings. The molecule has 1 N–H and O–H groups in total. The van der Waals surface area contributed by atoms with Gasteiger partial charge in [0.25, 0.3) is 0 Å². The number of nitrogens with zero attached hydrogens (tertiary/aromatic N) is 1. The fraction of sp³-hybridized carbons (Fsp3) is 0.900. The van der Waals surface area contributed by atoms with Gasteiger partial charge in [-0.2, -0.15) is 0 Å². The molecule has 76 valence electrons. The van der Waals surface area contributed by atoms with Gasteiger partial charge in [-0.1, -0.05) is 25.6 Å². The van der Waals surface area contributed by atoms with E-state index in [1.54, 1.807) is 0 Å². The lowest BCUT2D eigenvalue weighted by atomic mass is 10.1. The van der Waals surface area contributed by atoms with Crippen molar-refractivity contribution in [3.05, 3.63) is 0 Å². The molecule has 1 rings (SSSR count). The summed E-state index contributed by atoms with van der Waals surface area (Å²) in [7, 11) is 0. The van der Waals surface area contributed by atoms with Crippen LogP contribution in [0.2, 0.25) is 0 Å². The minimum atomic E-state index is 0.504. The first kappa shape index (κ1) is 10.9. The molecule has 0 aromatic carbocycles. The molecule has 1 unspecified atom stereocenters. The first-order valence-corrected chi connectivity index (χ1v) is 6.03. The Morgan fingerprint density at radius 2 is 2.15 bits per heavy atom. The van der Waals surface area contributed by atoms with E-state index in [9.17, 15) is 0 Å². The molecule has 0 saturated heterocycles. The largest absolute Gasteiger partial charge is 0.363 e. The van der Waals surface area contributed by atoms with E-state index in [2.05, 4.69) is 38.0 Å². The highest BCUT2D eigenvalue weighted by atomic mass is 32.2. The predicted molar refractivity (Wildman–Crippen MR) is 61.4 cm³/mol. The molecule has 0 aliphatic carbocycles. The van der Waals surface area contributed by atoms with E-state index in [0.717, 1.165) is 16.8 Å². The Kier molecular flexibility index (Phi) is 4.10. The maximum atomic E-state index is 4.64. The van der Waals surface area contributed by atoms with Gasteiger partial charge in [0.2, 0.25) is 0 Å². The molecule has 13 heavy (non-hydrogen) atoms. The quantitative estimate of drug-likeness (QED) is 0.757. The maximum absolute atomic E-state index is 4.64. The van der Waals surface area contributed by atoms with Gasteiger partial charge in [0, 0.05) is 11.8 Å². The Morgan fingerprint density at radius 3 is 2.69 bits per heavy atom. The van der Waals surface area contributed by atoms with Crippen molar-refractivity contribution in [1.82, 2.24) is 5.32 Å². The highest BCUT2D eigenvalue weighted by molar-refractivity contribution is 8.14. The molecule has 1 atom stereocenters. The van der Waals surface area contributed by atoms with Crippen LogP contribution >= 0.6 is 11.8 Å². The summed E-state index contributed by atoms with van der Waals surface area (Å²) in [5.74, 6) is 1.92. The van der Waals surface area contributed by atoms with E-state index in [1.807, 2.05) is 11.8 Å². The summed E-state index contributed by atoms with van der Waals surface area (Å²) in [6.07, 6.45) is 1.22. The van der Waals surface area contributed by atoms with Crippen molar-refractivity contribution in [3.8, 4) is 0 Å². The van der Waals surface area contributed by atoms with Crippen molar-refractivity contribution >= 4 is 16.9 Å². The topological polar surface area (TPSA) is 24.4 Å². The number of aliphatic imine (C=N–C) groups is 1. The Labute approximate surface area is 85.6 Å². The first-order valence-electron chi connectivity index (χ1n) is 5.05. The Balaban J connectivity index is 2.35. The molecule has 2 nitrogen and oxygen atoms in total. The van der Waals surface area contributed by atoms with Crippen molar-refractivity contribution in [2.45, 2.75) is 46.2 Å². The van der Waals surface area contributed by atoms with Gasteiger partial charge < -0.3 is 5.32 Å². The zero-order valence-corrected chi connectivity index (χ0v) is 9.82. The van der Waals surface area contributed by atoms with Gasteiger partial charge in [0.15, 0.2) is 5.17 Å². The lowest BCUT2D eigenvalue weighted by Gasteiger charge is -2.08. The number of hydrogen-bond donors (Lipinski definition) is 1. The van der Waals surface area contributed by atoms with Crippen LogP contribution in [0.1, 0.15) is 34.1 Å². The van der Waals surface area contributed by atoms with Crippen molar-refractivity contribution in [2.75, 3.05) is 5.75 Å². The molecule has 0 amide bonds. The maximum Gasteiger partial charge on any atom is 0.157 e. The van der Waals surface area contributed by atoms with Crippen LogP contribution in [0, 0.1) is 5.92 Å². The van der Waals surface area contributed by atoms with Crippen LogP contribution < -0.4 is 5.32 Å². The molecule has 0 aromatic heterocycles. The zero-order chi connectivity index (χ0) is 9.84. The second-order valence-corrected chi connectivity index (χ2v) is 5.34. The third-order valence-electron chi connectivity index (χ3n) is 1.87. The standard InChI is InChI=1S/C10H20N2S/c1-7(2)5-9-6-13-10(12-9)11-8(3)4/h7-9H,5-6H2,1-4H3,(H,11,12). The number of hydrogen-bond acceptors (Lipinski definition) is 3. The summed E-state index contributed by atoms with van der Waals surface area (Å²) in [6.45, 7) is 8.82. The van der Waals surface area contributed by atoms with E-state index in [4.69, 9.17) is 0 Å². The monoisotopic (exact) mass is 200 g/mol. The Hall–Kier alpha value is -0.180. The zero-order valence-electron chi connectivity index (χ0n) is 9.00. The van der Waals surface area contributed by atoms with Crippen molar-refractivity contribution < 1.29 is 0 Å². The predicted octanol–water partition coefficient (Wildman–Crippen LogP) is 2.50. The second-order valence-electron chi connectivity index (χ2n) is 4.33. The second kappa shape index (κ2) is 4.89. The number of thioether (sulfide) groups is 1. The lowest BCUT2D eigenvalue weighted by Crippen LogP contribution is -2.26. The lowest BCUT2D eigenvalue weighted by molar-refractivity contribution is 0.528. The van der Waals surface area contributed by atoms with Crippen molar-refractivity contribution in [3.63, 3.8) is 0 Å². The fourth-order valence-electron chi connectivity index (χ4n) is 1.41. The van der Waals surface area contributed by atoms with Crippen LogP contribution in [0.25, 0.3) is 0 Å². The normalized spacial score (nSPS) is 22.6. The van der Waals surface area contributed by atoms with Crippen LogP contribution in [0.5, 0.6) is 0 Å². The minimum Gasteiger partial charge on any atom is -0.363 e. The Morgan fingerprint density at radius 1 is 1.46 bits per heavy atom. The number of amidine groups is 1. The molecular formula is C10H20N2S. The van der Waals surface area contributed by atoms with E-state index in [1.165, 1.54) is 6.42 Å². The van der Waals surface area contributed by atoms with E-state index < -0.39 is 0 Å². The third-order valence-corrected chi connectivity index (χ3v) is 2.92. The summed E-state index contributed by atoms with van der Waals surface area (Å²) in [6, 6.07) is 1.05. The Bertz CT molecular complexity index is 187. The highest BCUT2D eigenvalue weighted by Crippen LogP contribution is 2.21. The van der Waals surface area contributed by atoms with Crippen molar-refractivity contribution in [1.29, 1.82) is 0 Å². The molecule has 1 aliphatic rings. The average molecular weight is 200 g/mol. The first-order chi connectivity index (χ1) is 6.08. The van der Waals surface area contributed by atoms with Crippen LogP contribution in [-0.4, -0.2) is 23.0 Å². The van der Waals surface area contributed by atoms with Gasteiger partial charge in [-0.15, -0.1) is 0 Å². The average Bonchev–Trinajstić information content (AvgIpc) is 2.33. The van der Waals surface area contributed by atoms with E-state index in [0.29, 0.717) is 12.1 Å². The summed E-state index contributed by atoms with van der Waals surface area (Å²) < 4.78 is 0. The molecule has 0 spiro atoms. The van der Waals surface area contributed by atoms with Crippen LogP contribution in [0.15, 0.2) is 4.99 Å². The SMILES string of the molecule is CC(C)CC1CSC(NC(C)C)=N1. The minimum absolute atomic E-state index is 0.504. The van der Waals surface area contributed by atoms with Gasteiger partial charge in [-0.3, -0.25) is 4.99 Å². The van der Waals surface area contributed by atoms with Gasteiger partial charge in [0.05, 0.1) is 6.04 Å². The number of nitrogens with one attached hydrogen (secondary N) is 1. The molecule has 1 aliphatic heterocycles. The van der Waals surface area contributed by atoms with Crippen LogP contribution in [0.3, 0.4) is 0 Å². The smallest absolute Gasteiger partial charge is 0.157 e. The summed E-state index contributed by atoms with van der Waals surface area (Å²) >= 11 is 1.86. The molecule has 0 saturated carbocycles. The summed E-state index contributed by atoms with van der Waals surface area (Å²) in [5, 5.41) is 4.50. The van der Waals surface area contributed by atoms with Gasteiger partial charge in [-0.05, 0) is 26.2 Å².